The summed E-state index contributed by atoms with van der Waals surface area (Å²) in [6.07, 6.45) is 5.04. The number of rotatable bonds is 7. The molecule has 0 unspecified atom stereocenters. The van der Waals surface area contributed by atoms with Gasteiger partial charge in [-0.1, -0.05) is 6.07 Å². The maximum Gasteiger partial charge on any atom is 0.231 e. The molecule has 1 N–H and O–H groups in total. The third-order valence-electron chi connectivity index (χ3n) is 5.56. The van der Waals surface area contributed by atoms with Crippen molar-refractivity contribution in [2.24, 2.45) is 0 Å². The molecule has 3 aromatic heterocycles. The number of carbonyl (C=O) groups excluding carboxylic acids is 1. The van der Waals surface area contributed by atoms with Crippen LogP contribution in [-0.4, -0.2) is 32.0 Å². The number of benzene rings is 1. The summed E-state index contributed by atoms with van der Waals surface area (Å²) < 4.78 is 14.6. The number of pyridine rings is 1. The van der Waals surface area contributed by atoms with Crippen molar-refractivity contribution in [1.29, 1.82) is 0 Å². The third-order valence-corrected chi connectivity index (χ3v) is 5.56. The highest BCUT2D eigenvalue weighted by molar-refractivity contribution is 5.87. The van der Waals surface area contributed by atoms with Crippen molar-refractivity contribution in [1.82, 2.24) is 24.6 Å². The highest BCUT2D eigenvalue weighted by atomic mass is 16.7. The summed E-state index contributed by atoms with van der Waals surface area (Å²) in [5.41, 5.74) is 3.93. The van der Waals surface area contributed by atoms with Gasteiger partial charge in [-0.2, -0.15) is 5.10 Å². The van der Waals surface area contributed by atoms with Crippen molar-refractivity contribution in [2.75, 3.05) is 6.79 Å². The van der Waals surface area contributed by atoms with Gasteiger partial charge in [0.05, 0.1) is 5.39 Å². The van der Waals surface area contributed by atoms with Crippen LogP contribution in [0.2, 0.25) is 0 Å². The van der Waals surface area contributed by atoms with Crippen molar-refractivity contribution in [3.8, 4) is 17.3 Å². The topological polar surface area (TPSA) is 83.2 Å². The summed E-state index contributed by atoms with van der Waals surface area (Å²) in [6.45, 7) is 5.39. The van der Waals surface area contributed by atoms with Crippen LogP contribution in [0.15, 0.2) is 48.8 Å². The van der Waals surface area contributed by atoms with Crippen molar-refractivity contribution < 1.29 is 14.3 Å². The first kappa shape index (κ1) is 20.1. The lowest BCUT2D eigenvalue weighted by molar-refractivity contribution is -0.121. The second-order valence-corrected chi connectivity index (χ2v) is 7.98. The molecule has 0 saturated heterocycles. The molecule has 0 fully saturated rings. The van der Waals surface area contributed by atoms with E-state index in [1.165, 1.54) is 0 Å². The number of nitrogens with one attached hydrogen (secondary N) is 1. The van der Waals surface area contributed by atoms with Crippen LogP contribution in [-0.2, 0) is 17.9 Å². The molecular weight excluding hydrogens is 406 g/mol. The van der Waals surface area contributed by atoms with Crippen LogP contribution in [0.1, 0.15) is 29.7 Å². The van der Waals surface area contributed by atoms with E-state index >= 15 is 0 Å². The Hall–Kier alpha value is -3.81. The van der Waals surface area contributed by atoms with Crippen molar-refractivity contribution in [3.05, 3.63) is 65.6 Å². The van der Waals surface area contributed by atoms with Gasteiger partial charge in [-0.15, -0.1) is 0 Å². The first-order valence-electron chi connectivity index (χ1n) is 10.7. The molecular formula is C24H25N5O3. The molecule has 5 rings (SSSR count). The molecule has 0 bridgehead atoms. The predicted molar refractivity (Wildman–Crippen MR) is 120 cm³/mol. The number of amides is 1. The normalized spacial score (nSPS) is 12.4. The lowest BCUT2D eigenvalue weighted by atomic mass is 10.1. The monoisotopic (exact) mass is 431 g/mol. The van der Waals surface area contributed by atoms with E-state index in [1.54, 1.807) is 0 Å². The number of nitrogens with zero attached hydrogens (tertiary/aromatic N) is 4. The summed E-state index contributed by atoms with van der Waals surface area (Å²) in [5, 5.41) is 8.83. The minimum Gasteiger partial charge on any atom is -0.454 e. The Labute approximate surface area is 185 Å². The molecule has 1 aliphatic heterocycles. The van der Waals surface area contributed by atoms with E-state index in [2.05, 4.69) is 18.3 Å². The second kappa shape index (κ2) is 8.37. The second-order valence-electron chi connectivity index (χ2n) is 7.98. The van der Waals surface area contributed by atoms with Gasteiger partial charge in [-0.3, -0.25) is 4.79 Å². The summed E-state index contributed by atoms with van der Waals surface area (Å²) in [5.74, 6) is 2.33. The van der Waals surface area contributed by atoms with Crippen molar-refractivity contribution in [2.45, 2.75) is 39.8 Å². The lowest BCUT2D eigenvalue weighted by Crippen LogP contribution is -2.22. The van der Waals surface area contributed by atoms with Gasteiger partial charge in [0, 0.05) is 37.6 Å². The minimum absolute atomic E-state index is 0.00471. The maximum absolute atomic E-state index is 12.4. The van der Waals surface area contributed by atoms with Gasteiger partial charge in [0.25, 0.3) is 0 Å². The van der Waals surface area contributed by atoms with Crippen LogP contribution in [0.4, 0.5) is 0 Å². The SMILES string of the molecule is Cc1cc(C)c2c(-n3cccc3)nn(CCCC(=O)NCc3ccc4c(c3)OCO4)c2n1. The standard InChI is InChI=1S/C24H25N5O3/c1-16-12-17(2)26-23-22(16)24(28-9-3-4-10-28)27-29(23)11-5-6-21(30)25-14-18-7-8-19-20(13-18)32-15-31-19/h3-4,7-10,12-13H,5-6,11,14-15H2,1-2H3,(H,25,30). The first-order chi connectivity index (χ1) is 15.6. The number of aryl methyl sites for hydroxylation is 3. The van der Waals surface area contributed by atoms with Gasteiger partial charge in [-0.25, -0.2) is 9.67 Å². The average Bonchev–Trinajstić information content (AvgIpc) is 3.52. The predicted octanol–water partition coefficient (Wildman–Crippen LogP) is 3.66. The zero-order chi connectivity index (χ0) is 22.1. The maximum atomic E-state index is 12.4. The Kier molecular flexibility index (Phi) is 5.26. The molecule has 1 aromatic carbocycles. The van der Waals surface area contributed by atoms with Gasteiger partial charge < -0.3 is 19.4 Å². The summed E-state index contributed by atoms with van der Waals surface area (Å²) in [7, 11) is 0. The van der Waals surface area contributed by atoms with Crippen LogP contribution in [0.25, 0.3) is 16.9 Å². The molecule has 0 aliphatic carbocycles. The highest BCUT2D eigenvalue weighted by Gasteiger charge is 2.17. The molecule has 0 atom stereocenters. The Morgan fingerprint density at radius 3 is 2.78 bits per heavy atom. The Morgan fingerprint density at radius 2 is 1.94 bits per heavy atom. The number of aromatic nitrogens is 4. The molecule has 0 spiro atoms. The Morgan fingerprint density at radius 1 is 1.12 bits per heavy atom. The zero-order valence-electron chi connectivity index (χ0n) is 18.2. The molecule has 8 nitrogen and oxygen atoms in total. The molecule has 1 aliphatic rings. The van der Waals surface area contributed by atoms with E-state index in [0.717, 1.165) is 45.2 Å². The molecule has 4 aromatic rings. The molecule has 4 heterocycles. The van der Waals surface area contributed by atoms with Crippen LogP contribution >= 0.6 is 0 Å². The molecule has 1 amide bonds. The van der Waals surface area contributed by atoms with Crippen molar-refractivity contribution >= 4 is 16.9 Å². The minimum atomic E-state index is 0.00471. The van der Waals surface area contributed by atoms with E-state index in [4.69, 9.17) is 19.6 Å². The Balaban J connectivity index is 1.24. The summed E-state index contributed by atoms with van der Waals surface area (Å²) >= 11 is 0. The van der Waals surface area contributed by atoms with Gasteiger partial charge in [0.1, 0.15) is 0 Å². The van der Waals surface area contributed by atoms with Gasteiger partial charge >= 0.3 is 0 Å². The number of hydrogen-bond acceptors (Lipinski definition) is 5. The lowest BCUT2D eigenvalue weighted by Gasteiger charge is -2.07. The number of hydrogen-bond donors (Lipinski definition) is 1. The van der Waals surface area contributed by atoms with Crippen LogP contribution < -0.4 is 14.8 Å². The van der Waals surface area contributed by atoms with Crippen LogP contribution in [0.5, 0.6) is 11.5 Å². The zero-order valence-corrected chi connectivity index (χ0v) is 18.2. The van der Waals surface area contributed by atoms with E-state index in [9.17, 15) is 4.79 Å². The molecule has 164 valence electrons. The third kappa shape index (κ3) is 3.91. The number of ether oxygens (including phenoxy) is 2. The van der Waals surface area contributed by atoms with Crippen LogP contribution in [0, 0.1) is 13.8 Å². The highest BCUT2D eigenvalue weighted by Crippen LogP contribution is 2.32. The number of carbonyl (C=O) groups is 1. The Bertz CT molecular complexity index is 1280. The van der Waals surface area contributed by atoms with Gasteiger partial charge in [0.2, 0.25) is 12.7 Å². The fourth-order valence-electron chi connectivity index (χ4n) is 4.03. The smallest absolute Gasteiger partial charge is 0.231 e. The van der Waals surface area contributed by atoms with E-state index in [1.807, 2.05) is 58.9 Å². The molecule has 0 saturated carbocycles. The van der Waals surface area contributed by atoms with E-state index in [0.29, 0.717) is 25.9 Å². The van der Waals surface area contributed by atoms with E-state index in [-0.39, 0.29) is 12.7 Å². The summed E-state index contributed by atoms with van der Waals surface area (Å²) in [6, 6.07) is 11.7. The molecule has 8 heteroatoms. The fourth-order valence-corrected chi connectivity index (χ4v) is 4.03. The largest absolute Gasteiger partial charge is 0.454 e. The summed E-state index contributed by atoms with van der Waals surface area (Å²) in [4.78, 5) is 17.1. The number of fused-ring (bicyclic) bond motifs is 2. The molecule has 0 radical (unpaired) electrons. The first-order valence-corrected chi connectivity index (χ1v) is 10.7. The van der Waals surface area contributed by atoms with Gasteiger partial charge in [0.15, 0.2) is 23.0 Å². The molecule has 32 heavy (non-hydrogen) atoms. The van der Waals surface area contributed by atoms with E-state index < -0.39 is 0 Å². The van der Waals surface area contributed by atoms with Crippen molar-refractivity contribution in [3.63, 3.8) is 0 Å². The van der Waals surface area contributed by atoms with Gasteiger partial charge in [-0.05, 0) is 61.7 Å². The average molecular weight is 431 g/mol. The van der Waals surface area contributed by atoms with Crippen LogP contribution in [0.3, 0.4) is 0 Å². The fraction of sp³-hybridized carbons (Fsp3) is 0.292. The quantitative estimate of drug-likeness (QED) is 0.483.